The van der Waals surface area contributed by atoms with Crippen molar-refractivity contribution in [2.45, 2.75) is 41.5 Å². The van der Waals surface area contributed by atoms with E-state index in [1.807, 2.05) is 6.07 Å². The summed E-state index contributed by atoms with van der Waals surface area (Å²) in [6, 6.07) is 14.5. The number of aryl methyl sites for hydroxylation is 6. The maximum atomic E-state index is 10.6. The highest BCUT2D eigenvalue weighted by atomic mass is 31.0. The third-order valence-electron chi connectivity index (χ3n) is 5.18. The Kier molecular flexibility index (Phi) is 7.53. The van der Waals surface area contributed by atoms with Crippen LogP contribution in [0.25, 0.3) is 12.2 Å². The van der Waals surface area contributed by atoms with Crippen LogP contribution in [0.3, 0.4) is 0 Å². The second kappa shape index (κ2) is 9.67. The molecule has 0 heterocycles. The van der Waals surface area contributed by atoms with Crippen LogP contribution in [0, 0.1) is 41.5 Å². The van der Waals surface area contributed by atoms with E-state index in [2.05, 4.69) is 84.0 Å². The third kappa shape index (κ3) is 5.22. The second-order valence-corrected chi connectivity index (χ2v) is 7.69. The Balaban J connectivity index is 0.00000145. The smallest absolute Gasteiger partial charge is 0.310 e. The maximum Gasteiger partial charge on any atom is 0.310 e. The summed E-state index contributed by atoms with van der Waals surface area (Å²) in [4.78, 5) is 0. The Bertz CT molecular complexity index is 1110. The van der Waals surface area contributed by atoms with Gasteiger partial charge in [0.2, 0.25) is 0 Å². The molecule has 1 unspecified atom stereocenters. The Morgan fingerprint density at radius 2 is 1.10 bits per heavy atom. The van der Waals surface area contributed by atoms with Gasteiger partial charge in [-0.3, -0.25) is 0 Å². The molecule has 0 aliphatic rings. The standard InChI is InChI=1S/C26H28O.H2OP/c1-16-10-18(3)23(19(4)11-16)14-22-8-7-9-26(27)25(22)15-24-20(5)12-17(2)13-21(24)6;1-2/h7-15,27H,1-6H3;2H2/q;+1. The fourth-order valence-corrected chi connectivity index (χ4v) is 3.99. The lowest BCUT2D eigenvalue weighted by Gasteiger charge is -2.09. The van der Waals surface area contributed by atoms with Crippen molar-refractivity contribution < 1.29 is 9.67 Å². The highest BCUT2D eigenvalue weighted by Gasteiger charge is 2.05. The molecule has 150 valence electrons. The lowest BCUT2D eigenvalue weighted by molar-refractivity contribution is 0.470. The average molecular weight is 405 g/mol. The van der Waals surface area contributed by atoms with Crippen molar-refractivity contribution >= 4 is 21.3 Å². The molecule has 1 atom stereocenters. The first kappa shape index (κ1) is 22.6. The SMILES string of the molecule is Cc1cc(C)c(C=c2cccc(O)c2=Cc2c(C)cc(C)cc2C)c(C)c1.O=[PH2+]. The fraction of sp³-hybridized carbons (Fsp3) is 0.231. The van der Waals surface area contributed by atoms with Crippen LogP contribution < -0.4 is 10.4 Å². The fourth-order valence-electron chi connectivity index (χ4n) is 3.99. The van der Waals surface area contributed by atoms with E-state index in [0.717, 1.165) is 10.4 Å². The second-order valence-electron chi connectivity index (χ2n) is 7.69. The molecule has 0 saturated carbocycles. The Morgan fingerprint density at radius 3 is 1.55 bits per heavy atom. The number of phenols is 1. The summed E-state index contributed by atoms with van der Waals surface area (Å²) in [7, 11) is 1.17. The minimum Gasteiger partial charge on any atom is -0.507 e. The summed E-state index contributed by atoms with van der Waals surface area (Å²) in [6.07, 6.45) is 4.30. The van der Waals surface area contributed by atoms with E-state index < -0.39 is 0 Å². The van der Waals surface area contributed by atoms with Crippen LogP contribution in [0.2, 0.25) is 0 Å². The molecule has 0 amide bonds. The van der Waals surface area contributed by atoms with Gasteiger partial charge in [0, 0.05) is 5.22 Å². The number of aromatic hydroxyl groups is 1. The van der Waals surface area contributed by atoms with Gasteiger partial charge in [-0.25, -0.2) is 0 Å². The van der Waals surface area contributed by atoms with E-state index in [1.165, 1.54) is 53.6 Å². The Morgan fingerprint density at radius 1 is 0.690 bits per heavy atom. The van der Waals surface area contributed by atoms with Crippen LogP contribution in [0.4, 0.5) is 0 Å². The van der Waals surface area contributed by atoms with E-state index in [0.29, 0.717) is 5.75 Å². The van der Waals surface area contributed by atoms with E-state index in [1.54, 1.807) is 6.07 Å². The molecule has 0 aromatic heterocycles. The molecular weight excluding hydrogens is 375 g/mol. The van der Waals surface area contributed by atoms with Gasteiger partial charge in [0.15, 0.2) is 0 Å². The molecule has 0 bridgehead atoms. The molecule has 1 N–H and O–H groups in total. The van der Waals surface area contributed by atoms with Crippen LogP contribution in [-0.4, -0.2) is 5.11 Å². The monoisotopic (exact) mass is 405 g/mol. The highest BCUT2D eigenvalue weighted by molar-refractivity contribution is 7.00. The largest absolute Gasteiger partial charge is 0.507 e. The van der Waals surface area contributed by atoms with Crippen molar-refractivity contribution in [3.05, 3.63) is 97.4 Å². The molecule has 3 aromatic rings. The normalized spacial score (nSPS) is 11.9. The Labute approximate surface area is 175 Å². The quantitative estimate of drug-likeness (QED) is 0.602. The zero-order valence-electron chi connectivity index (χ0n) is 18.1. The molecular formula is C26H30O2P+. The predicted molar refractivity (Wildman–Crippen MR) is 126 cm³/mol. The molecule has 0 aliphatic carbocycles. The van der Waals surface area contributed by atoms with Crippen LogP contribution in [0.15, 0.2) is 42.5 Å². The summed E-state index contributed by atoms with van der Waals surface area (Å²) in [5.74, 6) is 0.311. The van der Waals surface area contributed by atoms with Gasteiger partial charge >= 0.3 is 9.12 Å². The lowest BCUT2D eigenvalue weighted by Crippen LogP contribution is -2.25. The van der Waals surface area contributed by atoms with E-state index in [9.17, 15) is 5.11 Å². The van der Waals surface area contributed by atoms with Crippen molar-refractivity contribution in [3.8, 4) is 5.75 Å². The van der Waals surface area contributed by atoms with Gasteiger partial charge in [0.05, 0.1) is 0 Å². The van der Waals surface area contributed by atoms with Crippen molar-refractivity contribution in [1.82, 2.24) is 0 Å². The summed E-state index contributed by atoms with van der Waals surface area (Å²) in [5.41, 5.74) is 9.89. The molecule has 2 nitrogen and oxygen atoms in total. The van der Waals surface area contributed by atoms with Crippen molar-refractivity contribution in [2.75, 3.05) is 0 Å². The third-order valence-corrected chi connectivity index (χ3v) is 5.18. The van der Waals surface area contributed by atoms with Crippen LogP contribution >= 0.6 is 9.12 Å². The van der Waals surface area contributed by atoms with Gasteiger partial charge < -0.3 is 5.11 Å². The number of rotatable bonds is 2. The van der Waals surface area contributed by atoms with Gasteiger partial charge in [0.25, 0.3) is 0 Å². The highest BCUT2D eigenvalue weighted by Crippen LogP contribution is 2.18. The first-order valence-electron chi connectivity index (χ1n) is 9.67. The molecule has 0 radical (unpaired) electrons. The maximum absolute atomic E-state index is 10.6. The summed E-state index contributed by atoms with van der Waals surface area (Å²) < 4.78 is 8.17. The van der Waals surface area contributed by atoms with Gasteiger partial charge in [0.1, 0.15) is 5.75 Å². The van der Waals surface area contributed by atoms with Crippen molar-refractivity contribution in [1.29, 1.82) is 0 Å². The number of benzene rings is 3. The summed E-state index contributed by atoms with van der Waals surface area (Å²) in [5, 5.41) is 12.5. The van der Waals surface area contributed by atoms with Gasteiger partial charge in [-0.05, 0) is 98.4 Å². The zero-order valence-corrected chi connectivity index (χ0v) is 19.3. The van der Waals surface area contributed by atoms with Gasteiger partial charge in [-0.15, -0.1) is 0 Å². The minimum absolute atomic E-state index is 0.311. The zero-order chi connectivity index (χ0) is 21.7. The van der Waals surface area contributed by atoms with Gasteiger partial charge in [-0.2, -0.15) is 0 Å². The van der Waals surface area contributed by atoms with Crippen molar-refractivity contribution in [3.63, 3.8) is 0 Å². The van der Waals surface area contributed by atoms with Crippen LogP contribution in [-0.2, 0) is 4.57 Å². The van der Waals surface area contributed by atoms with E-state index in [4.69, 9.17) is 4.57 Å². The molecule has 3 rings (SSSR count). The lowest BCUT2D eigenvalue weighted by atomic mass is 9.96. The molecule has 3 aromatic carbocycles. The number of hydrogen-bond acceptors (Lipinski definition) is 2. The molecule has 0 spiro atoms. The minimum atomic E-state index is 0.311. The summed E-state index contributed by atoms with van der Waals surface area (Å²) in [6.45, 7) is 12.8. The molecule has 0 saturated heterocycles. The number of hydrogen-bond donors (Lipinski definition) is 1. The van der Waals surface area contributed by atoms with E-state index in [-0.39, 0.29) is 0 Å². The van der Waals surface area contributed by atoms with Crippen LogP contribution in [0.5, 0.6) is 5.75 Å². The van der Waals surface area contributed by atoms with Crippen molar-refractivity contribution in [2.24, 2.45) is 0 Å². The van der Waals surface area contributed by atoms with Gasteiger partial charge in [-0.1, -0.05) is 52.1 Å². The topological polar surface area (TPSA) is 37.3 Å². The Hall–Kier alpha value is -2.70. The summed E-state index contributed by atoms with van der Waals surface area (Å²) >= 11 is 0. The average Bonchev–Trinajstić information content (AvgIpc) is 2.64. The molecule has 0 fully saturated rings. The molecule has 29 heavy (non-hydrogen) atoms. The molecule has 0 aliphatic heterocycles. The predicted octanol–water partition coefficient (Wildman–Crippen LogP) is 5.11. The first-order valence-corrected chi connectivity index (χ1v) is 10.1. The van der Waals surface area contributed by atoms with Crippen LogP contribution in [0.1, 0.15) is 44.5 Å². The molecule has 3 heteroatoms. The number of phenolic OH excluding ortho intramolecular Hbond substituents is 1. The first-order chi connectivity index (χ1) is 13.8. The van der Waals surface area contributed by atoms with E-state index >= 15 is 0 Å².